The highest BCUT2D eigenvalue weighted by Crippen LogP contribution is 2.32. The number of furan rings is 1. The molecule has 0 fully saturated rings. The highest BCUT2D eigenvalue weighted by molar-refractivity contribution is 9.11. The molecule has 0 saturated heterocycles. The highest BCUT2D eigenvalue weighted by atomic mass is 79.9. The van der Waals surface area contributed by atoms with Crippen molar-refractivity contribution in [2.75, 3.05) is 0 Å². The van der Waals surface area contributed by atoms with Gasteiger partial charge in [-0.15, -0.1) is 11.3 Å². The molecule has 3 aromatic rings. The van der Waals surface area contributed by atoms with Gasteiger partial charge in [0.25, 0.3) is 0 Å². The molecule has 1 aromatic carbocycles. The minimum Gasteiger partial charge on any atom is -0.458 e. The maximum Gasteiger partial charge on any atom is 0.138 e. The number of hydrogen-bond donors (Lipinski definition) is 1. The van der Waals surface area contributed by atoms with Crippen LogP contribution in [0.1, 0.15) is 17.4 Å². The van der Waals surface area contributed by atoms with Crippen LogP contribution in [0.3, 0.4) is 0 Å². The van der Waals surface area contributed by atoms with Crippen molar-refractivity contribution in [2.24, 2.45) is 0 Å². The van der Waals surface area contributed by atoms with Gasteiger partial charge in [0, 0.05) is 5.39 Å². The maximum absolute atomic E-state index is 13.1. The third-order valence-corrected chi connectivity index (χ3v) is 4.19. The summed E-state index contributed by atoms with van der Waals surface area (Å²) in [5.74, 6) is 0.100. The fraction of sp³-hybridized carbons (Fsp3) is 0.0769. The molecule has 1 N–H and O–H groups in total. The molecule has 0 aliphatic carbocycles. The van der Waals surface area contributed by atoms with Crippen LogP contribution in [0.2, 0.25) is 0 Å². The Morgan fingerprint density at radius 2 is 2.11 bits per heavy atom. The zero-order valence-corrected chi connectivity index (χ0v) is 11.5. The van der Waals surface area contributed by atoms with Crippen LogP contribution < -0.4 is 0 Å². The van der Waals surface area contributed by atoms with Gasteiger partial charge in [-0.1, -0.05) is 0 Å². The molecule has 18 heavy (non-hydrogen) atoms. The molecule has 0 aliphatic heterocycles. The fourth-order valence-electron chi connectivity index (χ4n) is 1.80. The minimum absolute atomic E-state index is 0.317. The van der Waals surface area contributed by atoms with Gasteiger partial charge in [0.2, 0.25) is 0 Å². The number of benzene rings is 1. The number of rotatable bonds is 2. The van der Waals surface area contributed by atoms with Crippen LogP contribution in [-0.2, 0) is 0 Å². The molecule has 0 radical (unpaired) electrons. The molecule has 0 saturated carbocycles. The van der Waals surface area contributed by atoms with Crippen LogP contribution in [0.5, 0.6) is 0 Å². The van der Waals surface area contributed by atoms with Gasteiger partial charge < -0.3 is 9.52 Å². The van der Waals surface area contributed by atoms with E-state index in [0.717, 1.165) is 9.35 Å². The predicted molar refractivity (Wildman–Crippen MR) is 72.3 cm³/mol. The predicted octanol–water partition coefficient (Wildman–Crippen LogP) is 4.48. The van der Waals surface area contributed by atoms with Crippen LogP contribution in [0.4, 0.5) is 4.39 Å². The Labute approximate surface area is 115 Å². The maximum atomic E-state index is 13.1. The first-order valence-electron chi connectivity index (χ1n) is 5.24. The Morgan fingerprint density at radius 1 is 1.28 bits per heavy atom. The minimum atomic E-state index is -0.831. The molecule has 0 spiro atoms. The second kappa shape index (κ2) is 4.50. The summed E-state index contributed by atoms with van der Waals surface area (Å²) in [6.07, 6.45) is -0.831. The van der Waals surface area contributed by atoms with Crippen LogP contribution >= 0.6 is 27.3 Å². The first kappa shape index (κ1) is 11.9. The van der Waals surface area contributed by atoms with Gasteiger partial charge in [0.05, 0.1) is 3.79 Å². The first-order valence-corrected chi connectivity index (χ1v) is 6.92. The zero-order valence-electron chi connectivity index (χ0n) is 9.06. The molecule has 3 rings (SSSR count). The van der Waals surface area contributed by atoms with E-state index in [-0.39, 0.29) is 5.82 Å². The van der Waals surface area contributed by atoms with Crippen molar-refractivity contribution in [3.05, 3.63) is 56.6 Å². The van der Waals surface area contributed by atoms with Gasteiger partial charge in [0.1, 0.15) is 23.3 Å². The van der Waals surface area contributed by atoms with E-state index in [1.165, 1.54) is 23.5 Å². The number of thiophene rings is 1. The van der Waals surface area contributed by atoms with E-state index in [1.54, 1.807) is 12.1 Å². The molecular weight excluding hydrogens is 319 g/mol. The molecule has 2 aromatic heterocycles. The second-order valence-electron chi connectivity index (χ2n) is 3.92. The summed E-state index contributed by atoms with van der Waals surface area (Å²) in [5, 5.41) is 12.7. The van der Waals surface area contributed by atoms with Crippen LogP contribution in [0.25, 0.3) is 11.0 Å². The van der Waals surface area contributed by atoms with Crippen molar-refractivity contribution in [1.82, 2.24) is 0 Å². The lowest BCUT2D eigenvalue weighted by Crippen LogP contribution is -1.95. The molecule has 1 unspecified atom stereocenters. The summed E-state index contributed by atoms with van der Waals surface area (Å²) in [6, 6.07) is 7.78. The van der Waals surface area contributed by atoms with E-state index in [0.29, 0.717) is 16.7 Å². The van der Waals surface area contributed by atoms with Crippen LogP contribution in [0, 0.1) is 5.82 Å². The summed E-state index contributed by atoms with van der Waals surface area (Å²) >= 11 is 4.84. The first-order chi connectivity index (χ1) is 8.63. The third-order valence-electron chi connectivity index (χ3n) is 2.67. The largest absolute Gasteiger partial charge is 0.458 e. The number of halogens is 2. The Hall–Kier alpha value is -1.17. The lowest BCUT2D eigenvalue weighted by molar-refractivity contribution is 0.192. The lowest BCUT2D eigenvalue weighted by Gasteiger charge is -2.03. The van der Waals surface area contributed by atoms with Gasteiger partial charge in [0.15, 0.2) is 0 Å². The average molecular weight is 327 g/mol. The smallest absolute Gasteiger partial charge is 0.138 e. The Morgan fingerprint density at radius 3 is 2.83 bits per heavy atom. The van der Waals surface area contributed by atoms with Crippen molar-refractivity contribution >= 4 is 38.2 Å². The van der Waals surface area contributed by atoms with E-state index in [9.17, 15) is 9.50 Å². The highest BCUT2D eigenvalue weighted by Gasteiger charge is 2.17. The van der Waals surface area contributed by atoms with Crippen molar-refractivity contribution in [3.8, 4) is 0 Å². The summed E-state index contributed by atoms with van der Waals surface area (Å²) in [6.45, 7) is 0. The topological polar surface area (TPSA) is 33.4 Å². The van der Waals surface area contributed by atoms with Crippen LogP contribution in [0.15, 0.2) is 43.9 Å². The molecular formula is C13H8BrFO2S. The standard InChI is InChI=1S/C13H8BrFO2S/c14-12-5-8(6-18-12)13(16)11-4-7-3-9(15)1-2-10(7)17-11/h1-6,13,16H. The number of aliphatic hydroxyl groups excluding tert-OH is 1. The Bertz CT molecular complexity index is 704. The van der Waals surface area contributed by atoms with Gasteiger partial charge in [-0.05, 0) is 57.2 Å². The fourth-order valence-corrected chi connectivity index (χ4v) is 2.99. The van der Waals surface area contributed by atoms with Crippen LogP contribution in [-0.4, -0.2) is 5.11 Å². The van der Waals surface area contributed by atoms with E-state index < -0.39 is 6.10 Å². The second-order valence-corrected chi connectivity index (χ2v) is 6.21. The van der Waals surface area contributed by atoms with Gasteiger partial charge in [-0.25, -0.2) is 4.39 Å². The normalized spacial score (nSPS) is 13.1. The van der Waals surface area contributed by atoms with Crippen molar-refractivity contribution in [3.63, 3.8) is 0 Å². The average Bonchev–Trinajstić information content (AvgIpc) is 2.93. The molecule has 0 amide bonds. The molecule has 5 heteroatoms. The van der Waals surface area contributed by atoms with Crippen molar-refractivity contribution in [1.29, 1.82) is 0 Å². The van der Waals surface area contributed by atoms with E-state index in [1.807, 2.05) is 11.4 Å². The van der Waals surface area contributed by atoms with E-state index in [4.69, 9.17) is 4.42 Å². The SMILES string of the molecule is OC(c1csc(Br)c1)c1cc2cc(F)ccc2o1. The van der Waals surface area contributed by atoms with E-state index >= 15 is 0 Å². The molecule has 0 bridgehead atoms. The third kappa shape index (κ3) is 2.09. The summed E-state index contributed by atoms with van der Waals surface area (Å²) in [4.78, 5) is 0. The lowest BCUT2D eigenvalue weighted by atomic mass is 10.1. The number of hydrogen-bond acceptors (Lipinski definition) is 3. The van der Waals surface area contributed by atoms with E-state index in [2.05, 4.69) is 15.9 Å². The molecule has 92 valence electrons. The quantitative estimate of drug-likeness (QED) is 0.753. The van der Waals surface area contributed by atoms with Crippen molar-refractivity contribution < 1.29 is 13.9 Å². The number of fused-ring (bicyclic) bond motifs is 1. The summed E-state index contributed by atoms with van der Waals surface area (Å²) < 4.78 is 19.5. The Kier molecular flexibility index (Phi) is 2.97. The molecule has 2 nitrogen and oxygen atoms in total. The van der Waals surface area contributed by atoms with Gasteiger partial charge in [-0.2, -0.15) is 0 Å². The van der Waals surface area contributed by atoms with Gasteiger partial charge in [-0.3, -0.25) is 0 Å². The Balaban J connectivity index is 2.03. The summed E-state index contributed by atoms with van der Waals surface area (Å²) in [5.41, 5.74) is 1.33. The molecule has 0 aliphatic rings. The number of aliphatic hydroxyl groups is 1. The zero-order chi connectivity index (χ0) is 12.7. The molecule has 1 atom stereocenters. The molecule has 2 heterocycles. The van der Waals surface area contributed by atoms with Gasteiger partial charge >= 0.3 is 0 Å². The summed E-state index contributed by atoms with van der Waals surface area (Å²) in [7, 11) is 0. The van der Waals surface area contributed by atoms with Crippen molar-refractivity contribution in [2.45, 2.75) is 6.10 Å². The monoisotopic (exact) mass is 326 g/mol.